The standard InChI is InChI=1S/C10H11ClF2N2O2.ClH/c11-6-1-2-8(17-10(12)13)7(5-6)9(16)15-4-3-14;/h1-2,5,10H,3-4,14H2,(H,15,16);1H. The van der Waals surface area contributed by atoms with E-state index >= 15 is 0 Å². The number of ether oxygens (including phenoxy) is 1. The quantitative estimate of drug-likeness (QED) is 0.875. The van der Waals surface area contributed by atoms with Crippen LogP contribution in [0.5, 0.6) is 5.75 Å². The van der Waals surface area contributed by atoms with Crippen molar-refractivity contribution in [3.05, 3.63) is 28.8 Å². The van der Waals surface area contributed by atoms with Crippen LogP contribution in [0.4, 0.5) is 8.78 Å². The van der Waals surface area contributed by atoms with Crippen molar-refractivity contribution in [1.82, 2.24) is 5.32 Å². The van der Waals surface area contributed by atoms with Gasteiger partial charge in [-0.05, 0) is 18.2 Å². The van der Waals surface area contributed by atoms with Crippen LogP contribution in [0, 0.1) is 0 Å². The third kappa shape index (κ3) is 5.03. The summed E-state index contributed by atoms with van der Waals surface area (Å²) in [6.45, 7) is -2.52. The molecule has 0 saturated heterocycles. The predicted molar refractivity (Wildman–Crippen MR) is 66.7 cm³/mol. The first-order valence-corrected chi connectivity index (χ1v) is 5.15. The van der Waals surface area contributed by atoms with Gasteiger partial charge in [-0.15, -0.1) is 12.4 Å². The fraction of sp³-hybridized carbons (Fsp3) is 0.300. The van der Waals surface area contributed by atoms with E-state index in [1.165, 1.54) is 18.2 Å². The van der Waals surface area contributed by atoms with Crippen molar-refractivity contribution >= 4 is 29.9 Å². The summed E-state index contributed by atoms with van der Waals surface area (Å²) in [5.41, 5.74) is 5.16. The Bertz CT molecular complexity index is 405. The lowest BCUT2D eigenvalue weighted by Gasteiger charge is -2.10. The average molecular weight is 301 g/mol. The Morgan fingerprint density at radius 3 is 2.72 bits per heavy atom. The van der Waals surface area contributed by atoms with Gasteiger partial charge >= 0.3 is 6.61 Å². The number of carbonyl (C=O) groups is 1. The van der Waals surface area contributed by atoms with Crippen LogP contribution < -0.4 is 15.8 Å². The monoisotopic (exact) mass is 300 g/mol. The van der Waals surface area contributed by atoms with Gasteiger partial charge in [0.15, 0.2) is 0 Å². The highest BCUT2D eigenvalue weighted by Gasteiger charge is 2.15. The topological polar surface area (TPSA) is 64.3 Å². The first-order valence-electron chi connectivity index (χ1n) is 4.77. The van der Waals surface area contributed by atoms with E-state index in [-0.39, 0.29) is 41.8 Å². The van der Waals surface area contributed by atoms with E-state index in [0.717, 1.165) is 0 Å². The van der Waals surface area contributed by atoms with Crippen molar-refractivity contribution in [1.29, 1.82) is 0 Å². The Morgan fingerprint density at radius 2 is 2.17 bits per heavy atom. The maximum absolute atomic E-state index is 12.1. The van der Waals surface area contributed by atoms with Gasteiger partial charge in [-0.2, -0.15) is 8.78 Å². The van der Waals surface area contributed by atoms with E-state index in [9.17, 15) is 13.6 Å². The zero-order valence-electron chi connectivity index (χ0n) is 9.16. The van der Waals surface area contributed by atoms with Crippen molar-refractivity contribution in [2.45, 2.75) is 6.61 Å². The summed E-state index contributed by atoms with van der Waals surface area (Å²) in [4.78, 5) is 11.6. The smallest absolute Gasteiger partial charge is 0.387 e. The number of hydrogen-bond acceptors (Lipinski definition) is 3. The molecule has 0 saturated carbocycles. The Morgan fingerprint density at radius 1 is 1.50 bits per heavy atom. The van der Waals surface area contributed by atoms with Crippen LogP contribution in [-0.2, 0) is 0 Å². The zero-order valence-corrected chi connectivity index (χ0v) is 10.7. The molecule has 0 aliphatic rings. The minimum atomic E-state index is -3.00. The van der Waals surface area contributed by atoms with E-state index in [1.54, 1.807) is 0 Å². The van der Waals surface area contributed by atoms with Crippen molar-refractivity contribution in [3.8, 4) is 5.75 Å². The van der Waals surface area contributed by atoms with Crippen LogP contribution in [0.3, 0.4) is 0 Å². The van der Waals surface area contributed by atoms with E-state index < -0.39 is 12.5 Å². The van der Waals surface area contributed by atoms with Crippen LogP contribution in [0.1, 0.15) is 10.4 Å². The minimum absolute atomic E-state index is 0. The minimum Gasteiger partial charge on any atom is -0.434 e. The largest absolute Gasteiger partial charge is 0.434 e. The number of carbonyl (C=O) groups excluding carboxylic acids is 1. The second-order valence-corrected chi connectivity index (χ2v) is 3.50. The second-order valence-electron chi connectivity index (χ2n) is 3.06. The number of amides is 1. The molecule has 0 heterocycles. The molecule has 1 rings (SSSR count). The van der Waals surface area contributed by atoms with Crippen molar-refractivity contribution in [3.63, 3.8) is 0 Å². The Labute approximate surface area is 114 Å². The molecule has 1 amide bonds. The summed E-state index contributed by atoms with van der Waals surface area (Å²) in [5, 5.41) is 2.70. The van der Waals surface area contributed by atoms with Crippen LogP contribution in [0.15, 0.2) is 18.2 Å². The molecule has 1 aromatic carbocycles. The van der Waals surface area contributed by atoms with Crippen molar-refractivity contribution < 1.29 is 18.3 Å². The number of benzene rings is 1. The average Bonchev–Trinajstić information content (AvgIpc) is 2.27. The molecule has 0 unspecified atom stereocenters. The Hall–Kier alpha value is -1.11. The van der Waals surface area contributed by atoms with Crippen molar-refractivity contribution in [2.24, 2.45) is 5.73 Å². The molecule has 18 heavy (non-hydrogen) atoms. The third-order valence-corrected chi connectivity index (χ3v) is 2.07. The summed E-state index contributed by atoms with van der Waals surface area (Å²) in [7, 11) is 0. The first kappa shape index (κ1) is 16.9. The molecule has 0 bridgehead atoms. The van der Waals surface area contributed by atoms with Gasteiger partial charge in [0.1, 0.15) is 5.75 Å². The molecule has 4 nitrogen and oxygen atoms in total. The molecule has 0 aliphatic carbocycles. The fourth-order valence-corrected chi connectivity index (χ4v) is 1.33. The molecule has 3 N–H and O–H groups in total. The highest BCUT2D eigenvalue weighted by Crippen LogP contribution is 2.24. The lowest BCUT2D eigenvalue weighted by atomic mass is 10.2. The molecular formula is C10H12Cl2F2N2O2. The Balaban J connectivity index is 0.00000289. The van der Waals surface area contributed by atoms with Crippen LogP contribution in [-0.4, -0.2) is 25.6 Å². The van der Waals surface area contributed by atoms with Gasteiger partial charge in [0.2, 0.25) is 0 Å². The number of nitrogens with one attached hydrogen (secondary N) is 1. The maximum Gasteiger partial charge on any atom is 0.387 e. The summed E-state index contributed by atoms with van der Waals surface area (Å²) in [5.74, 6) is -0.785. The predicted octanol–water partition coefficient (Wildman–Crippen LogP) is 2.05. The summed E-state index contributed by atoms with van der Waals surface area (Å²) in [6.07, 6.45) is 0. The third-order valence-electron chi connectivity index (χ3n) is 1.83. The SMILES string of the molecule is Cl.NCCNC(=O)c1cc(Cl)ccc1OC(F)F. The normalized spacial score (nSPS) is 9.83. The van der Waals surface area contributed by atoms with Gasteiger partial charge in [0, 0.05) is 18.1 Å². The van der Waals surface area contributed by atoms with Gasteiger partial charge in [0.25, 0.3) is 5.91 Å². The molecule has 102 valence electrons. The van der Waals surface area contributed by atoms with Crippen LogP contribution in [0.25, 0.3) is 0 Å². The van der Waals surface area contributed by atoms with Gasteiger partial charge in [0.05, 0.1) is 5.56 Å². The molecule has 0 aliphatic heterocycles. The van der Waals surface area contributed by atoms with Gasteiger partial charge in [-0.1, -0.05) is 11.6 Å². The van der Waals surface area contributed by atoms with Crippen LogP contribution in [0.2, 0.25) is 5.02 Å². The molecule has 0 fully saturated rings. The molecule has 0 aromatic heterocycles. The van der Waals surface area contributed by atoms with Crippen molar-refractivity contribution in [2.75, 3.05) is 13.1 Å². The lowest BCUT2D eigenvalue weighted by Crippen LogP contribution is -2.29. The summed E-state index contributed by atoms with van der Waals surface area (Å²) in [6, 6.07) is 3.83. The van der Waals surface area contributed by atoms with E-state index in [4.69, 9.17) is 17.3 Å². The maximum atomic E-state index is 12.1. The highest BCUT2D eigenvalue weighted by atomic mass is 35.5. The molecule has 8 heteroatoms. The molecule has 1 aromatic rings. The van der Waals surface area contributed by atoms with E-state index in [2.05, 4.69) is 10.1 Å². The summed E-state index contributed by atoms with van der Waals surface area (Å²) >= 11 is 5.68. The second kappa shape index (κ2) is 8.07. The number of halogens is 4. The zero-order chi connectivity index (χ0) is 12.8. The first-order chi connectivity index (χ1) is 8.04. The number of hydrogen-bond donors (Lipinski definition) is 2. The molecule has 0 atom stereocenters. The fourth-order valence-electron chi connectivity index (χ4n) is 1.16. The highest BCUT2D eigenvalue weighted by molar-refractivity contribution is 6.31. The molecule has 0 spiro atoms. The molecular weight excluding hydrogens is 289 g/mol. The molecule has 0 radical (unpaired) electrons. The van der Waals surface area contributed by atoms with Gasteiger partial charge in [-0.3, -0.25) is 4.79 Å². The van der Waals surface area contributed by atoms with Gasteiger partial charge in [-0.25, -0.2) is 0 Å². The van der Waals surface area contributed by atoms with E-state index in [0.29, 0.717) is 0 Å². The lowest BCUT2D eigenvalue weighted by molar-refractivity contribution is -0.0501. The Kier molecular flexibility index (Phi) is 7.58. The number of alkyl halides is 2. The summed E-state index contributed by atoms with van der Waals surface area (Å²) < 4.78 is 28.4. The van der Waals surface area contributed by atoms with Crippen LogP contribution >= 0.6 is 24.0 Å². The van der Waals surface area contributed by atoms with Gasteiger partial charge < -0.3 is 15.8 Å². The van der Waals surface area contributed by atoms with E-state index in [1.807, 2.05) is 0 Å². The number of rotatable bonds is 5. The number of nitrogens with two attached hydrogens (primary N) is 1.